The number of nitrogens with zero attached hydrogens (tertiary/aromatic N) is 1. The van der Waals surface area contributed by atoms with Gasteiger partial charge in [0.25, 0.3) is 0 Å². The van der Waals surface area contributed by atoms with Crippen LogP contribution in [0.15, 0.2) is 35.4 Å². The number of hydrogen-bond acceptors (Lipinski definition) is 5. The van der Waals surface area contributed by atoms with Crippen LogP contribution in [-0.4, -0.2) is 27.5 Å². The second-order valence-electron chi connectivity index (χ2n) is 4.42. The molecule has 2 aromatic carbocycles. The van der Waals surface area contributed by atoms with Crippen molar-refractivity contribution < 1.29 is 14.2 Å². The summed E-state index contributed by atoms with van der Waals surface area (Å²) in [7, 11) is 4.67. The minimum absolute atomic E-state index is 0.454. The minimum atomic E-state index is 0.454. The van der Waals surface area contributed by atoms with E-state index in [0.717, 1.165) is 11.3 Å². The van der Waals surface area contributed by atoms with Crippen molar-refractivity contribution in [1.82, 2.24) is 0 Å². The van der Waals surface area contributed by atoms with E-state index < -0.39 is 0 Å². The maximum atomic E-state index is 5.96. The Morgan fingerprint density at radius 3 is 2.26 bits per heavy atom. The molecule has 7 heteroatoms. The topological polar surface area (TPSA) is 52.1 Å². The summed E-state index contributed by atoms with van der Waals surface area (Å²) in [5.74, 6) is 1.62. The molecule has 0 aliphatic carbocycles. The van der Waals surface area contributed by atoms with Crippen molar-refractivity contribution >= 4 is 35.1 Å². The summed E-state index contributed by atoms with van der Waals surface area (Å²) < 4.78 is 16.0. The highest BCUT2D eigenvalue weighted by atomic mass is 35.5. The zero-order chi connectivity index (χ0) is 16.8. The molecule has 0 saturated heterocycles. The molecule has 0 amide bonds. The van der Waals surface area contributed by atoms with E-state index in [9.17, 15) is 0 Å². The van der Waals surface area contributed by atoms with Crippen molar-refractivity contribution in [2.24, 2.45) is 5.10 Å². The molecule has 0 bridgehead atoms. The Bertz CT molecular complexity index is 721. The molecule has 5 nitrogen and oxygen atoms in total. The van der Waals surface area contributed by atoms with Gasteiger partial charge in [0, 0.05) is 5.56 Å². The standard InChI is InChI=1S/C16H16Cl2N2O3/c1-21-14-7-4-10(15(22-2)16(14)23-3)9-19-20-11-5-6-12(17)13(18)8-11/h4-9,20H,1-3H3. The van der Waals surface area contributed by atoms with E-state index in [1.165, 1.54) is 0 Å². The van der Waals surface area contributed by atoms with Crippen molar-refractivity contribution in [2.75, 3.05) is 26.8 Å². The molecule has 2 aromatic rings. The monoisotopic (exact) mass is 354 g/mol. The van der Waals surface area contributed by atoms with E-state index in [2.05, 4.69) is 10.5 Å². The molecule has 0 radical (unpaired) electrons. The van der Waals surface area contributed by atoms with Crippen molar-refractivity contribution in [3.63, 3.8) is 0 Å². The van der Waals surface area contributed by atoms with E-state index in [1.807, 2.05) is 6.07 Å². The van der Waals surface area contributed by atoms with Gasteiger partial charge in [0.05, 0.1) is 43.3 Å². The fourth-order valence-corrected chi connectivity index (χ4v) is 2.27. The van der Waals surface area contributed by atoms with Crippen LogP contribution in [0.4, 0.5) is 5.69 Å². The van der Waals surface area contributed by atoms with Gasteiger partial charge in [0.1, 0.15) is 0 Å². The molecular formula is C16H16Cl2N2O3. The first-order valence-corrected chi connectivity index (χ1v) is 7.39. The molecule has 0 aliphatic heterocycles. The van der Waals surface area contributed by atoms with Crippen molar-refractivity contribution in [3.8, 4) is 17.2 Å². The Kier molecular flexibility index (Phi) is 5.96. The molecule has 0 fully saturated rings. The van der Waals surface area contributed by atoms with Gasteiger partial charge in [-0.05, 0) is 30.3 Å². The maximum absolute atomic E-state index is 5.96. The first-order valence-electron chi connectivity index (χ1n) is 6.63. The van der Waals surface area contributed by atoms with Gasteiger partial charge in [-0.3, -0.25) is 5.43 Å². The van der Waals surface area contributed by atoms with Gasteiger partial charge in [-0.15, -0.1) is 0 Å². The van der Waals surface area contributed by atoms with Gasteiger partial charge >= 0.3 is 0 Å². The molecule has 0 heterocycles. The summed E-state index contributed by atoms with van der Waals surface area (Å²) in [6, 6.07) is 8.76. The lowest BCUT2D eigenvalue weighted by molar-refractivity contribution is 0.324. The molecule has 0 saturated carbocycles. The van der Waals surface area contributed by atoms with E-state index in [-0.39, 0.29) is 0 Å². The number of rotatable bonds is 6. The first-order chi connectivity index (χ1) is 11.1. The lowest BCUT2D eigenvalue weighted by Gasteiger charge is -2.13. The summed E-state index contributed by atoms with van der Waals surface area (Å²) >= 11 is 11.8. The Morgan fingerprint density at radius 2 is 1.65 bits per heavy atom. The summed E-state index contributed by atoms with van der Waals surface area (Å²) in [4.78, 5) is 0. The van der Waals surface area contributed by atoms with Crippen LogP contribution in [0.3, 0.4) is 0 Å². The van der Waals surface area contributed by atoms with Crippen LogP contribution in [0.25, 0.3) is 0 Å². The molecule has 23 heavy (non-hydrogen) atoms. The number of nitrogens with one attached hydrogen (secondary N) is 1. The van der Waals surface area contributed by atoms with Crippen LogP contribution in [-0.2, 0) is 0 Å². The summed E-state index contributed by atoms with van der Waals surface area (Å²) in [5, 5.41) is 5.11. The van der Waals surface area contributed by atoms with E-state index in [1.54, 1.807) is 51.8 Å². The van der Waals surface area contributed by atoms with Crippen LogP contribution in [0.1, 0.15) is 5.56 Å². The van der Waals surface area contributed by atoms with Crippen LogP contribution in [0, 0.1) is 0 Å². The van der Waals surface area contributed by atoms with Crippen molar-refractivity contribution in [3.05, 3.63) is 45.9 Å². The normalized spacial score (nSPS) is 10.7. The second kappa shape index (κ2) is 7.94. The fraction of sp³-hybridized carbons (Fsp3) is 0.188. The lowest BCUT2D eigenvalue weighted by Crippen LogP contribution is -1.99. The third-order valence-electron chi connectivity index (χ3n) is 3.05. The number of benzene rings is 2. The van der Waals surface area contributed by atoms with Gasteiger partial charge in [0.2, 0.25) is 5.75 Å². The van der Waals surface area contributed by atoms with Gasteiger partial charge < -0.3 is 14.2 Å². The Labute approximate surface area is 144 Å². The highest BCUT2D eigenvalue weighted by Crippen LogP contribution is 2.39. The number of methoxy groups -OCH3 is 3. The largest absolute Gasteiger partial charge is 0.493 e. The van der Waals surface area contributed by atoms with Gasteiger partial charge in [0.15, 0.2) is 11.5 Å². The minimum Gasteiger partial charge on any atom is -0.493 e. The van der Waals surface area contributed by atoms with E-state index in [4.69, 9.17) is 37.4 Å². The predicted octanol–water partition coefficient (Wildman–Crippen LogP) is 4.47. The van der Waals surface area contributed by atoms with E-state index in [0.29, 0.717) is 27.3 Å². The van der Waals surface area contributed by atoms with Gasteiger partial charge in [-0.25, -0.2) is 0 Å². The third-order valence-corrected chi connectivity index (χ3v) is 3.79. The van der Waals surface area contributed by atoms with Crippen LogP contribution < -0.4 is 19.6 Å². The van der Waals surface area contributed by atoms with Crippen molar-refractivity contribution in [2.45, 2.75) is 0 Å². The van der Waals surface area contributed by atoms with Gasteiger partial charge in [-0.1, -0.05) is 23.2 Å². The number of hydrogen-bond donors (Lipinski definition) is 1. The summed E-state index contributed by atoms with van der Waals surface area (Å²) in [6.45, 7) is 0. The summed E-state index contributed by atoms with van der Waals surface area (Å²) in [6.07, 6.45) is 1.61. The molecule has 0 aliphatic rings. The number of hydrazone groups is 1. The quantitative estimate of drug-likeness (QED) is 0.614. The third kappa shape index (κ3) is 4.00. The highest BCUT2D eigenvalue weighted by Gasteiger charge is 2.14. The summed E-state index contributed by atoms with van der Waals surface area (Å²) in [5.41, 5.74) is 4.33. The molecule has 2 rings (SSSR count). The fourth-order valence-electron chi connectivity index (χ4n) is 1.97. The smallest absolute Gasteiger partial charge is 0.203 e. The van der Waals surface area contributed by atoms with Crippen molar-refractivity contribution in [1.29, 1.82) is 0 Å². The van der Waals surface area contributed by atoms with Crippen LogP contribution in [0.2, 0.25) is 10.0 Å². The molecule has 0 spiro atoms. The first kappa shape index (κ1) is 17.2. The van der Waals surface area contributed by atoms with E-state index >= 15 is 0 Å². The van der Waals surface area contributed by atoms with Crippen LogP contribution >= 0.6 is 23.2 Å². The molecule has 0 unspecified atom stereocenters. The van der Waals surface area contributed by atoms with Crippen LogP contribution in [0.5, 0.6) is 17.2 Å². The zero-order valence-electron chi connectivity index (χ0n) is 12.9. The Balaban J connectivity index is 2.23. The molecule has 1 N–H and O–H groups in total. The SMILES string of the molecule is COc1ccc(C=NNc2ccc(Cl)c(Cl)c2)c(OC)c1OC. The lowest BCUT2D eigenvalue weighted by atomic mass is 10.2. The predicted molar refractivity (Wildman–Crippen MR) is 93.8 cm³/mol. The molecule has 122 valence electrons. The molecular weight excluding hydrogens is 339 g/mol. The molecule has 0 aromatic heterocycles. The Morgan fingerprint density at radius 1 is 0.913 bits per heavy atom. The maximum Gasteiger partial charge on any atom is 0.203 e. The zero-order valence-corrected chi connectivity index (χ0v) is 14.4. The number of anilines is 1. The second-order valence-corrected chi connectivity index (χ2v) is 5.24. The average molecular weight is 355 g/mol. The number of halogens is 2. The highest BCUT2D eigenvalue weighted by molar-refractivity contribution is 6.42. The Hall–Kier alpha value is -2.11. The van der Waals surface area contributed by atoms with Gasteiger partial charge in [-0.2, -0.15) is 5.10 Å². The number of ether oxygens (including phenoxy) is 3. The molecule has 0 atom stereocenters. The average Bonchev–Trinajstić information content (AvgIpc) is 2.57.